The molecule has 0 saturated heterocycles. The van der Waals surface area contributed by atoms with Crippen molar-refractivity contribution in [2.45, 2.75) is 258 Å². The van der Waals surface area contributed by atoms with Crippen molar-refractivity contribution in [1.29, 1.82) is 0 Å². The van der Waals surface area contributed by atoms with E-state index in [1.807, 2.05) is 48.6 Å². The Morgan fingerprint density at radius 1 is 0.344 bits per heavy atom. The van der Waals surface area contributed by atoms with Gasteiger partial charge in [0.25, 0.3) is 0 Å². The summed E-state index contributed by atoms with van der Waals surface area (Å²) in [7, 11) is 0. The van der Waals surface area contributed by atoms with Crippen LogP contribution >= 0.6 is 0 Å². The minimum atomic E-state index is -0.791. The summed E-state index contributed by atoms with van der Waals surface area (Å²) < 4.78 is 16.7. The number of unbranched alkanes of at least 4 members (excludes halogenated alkanes) is 29. The van der Waals surface area contributed by atoms with Gasteiger partial charge < -0.3 is 14.2 Å². The van der Waals surface area contributed by atoms with E-state index in [0.717, 1.165) is 64.2 Å². The molecule has 0 amide bonds. The van der Waals surface area contributed by atoms with Crippen LogP contribution in [0.4, 0.5) is 0 Å². The van der Waals surface area contributed by atoms with Crippen molar-refractivity contribution in [2.75, 3.05) is 13.2 Å². The van der Waals surface area contributed by atoms with Gasteiger partial charge in [0.1, 0.15) is 13.2 Å². The van der Waals surface area contributed by atoms with E-state index in [9.17, 15) is 14.4 Å². The average molecular weight is 853 g/mol. The third kappa shape index (κ3) is 48.0. The van der Waals surface area contributed by atoms with E-state index in [1.54, 1.807) is 0 Å². The fourth-order valence-corrected chi connectivity index (χ4v) is 7.29. The lowest BCUT2D eigenvalue weighted by molar-refractivity contribution is -0.167. The van der Waals surface area contributed by atoms with E-state index in [2.05, 4.69) is 32.9 Å². The number of esters is 3. The fraction of sp³-hybridized carbons (Fsp3) is 0.764. The number of allylic oxidation sites excluding steroid dienone is 10. The summed E-state index contributed by atoms with van der Waals surface area (Å²) in [4.78, 5) is 37.9. The largest absolute Gasteiger partial charge is 0.462 e. The fourth-order valence-electron chi connectivity index (χ4n) is 7.29. The van der Waals surface area contributed by atoms with Crippen LogP contribution in [0, 0.1) is 0 Å². The number of ether oxygens (including phenoxy) is 3. The van der Waals surface area contributed by atoms with Crippen LogP contribution in [0.25, 0.3) is 0 Å². The Balaban J connectivity index is 4.34. The maximum Gasteiger partial charge on any atom is 0.306 e. The SMILES string of the molecule is CC\C=C/C=C\C=C/C=C\C=C/CCCCCC(=O)OC(COC(=O)CCCCCCCCCCC)COC(=O)CCCCCCCCCCCCCCCCCCCCC. The molecule has 0 radical (unpaired) electrons. The van der Waals surface area contributed by atoms with Gasteiger partial charge in [0.15, 0.2) is 6.10 Å². The van der Waals surface area contributed by atoms with E-state index in [1.165, 1.54) is 141 Å². The summed E-state index contributed by atoms with van der Waals surface area (Å²) in [5.41, 5.74) is 0. The standard InChI is InChI=1S/C55H96O6/c1-4-7-10-13-16-19-21-23-25-26-27-28-30-31-33-36-39-42-45-48-54(57)60-51-52(50-59-53(56)47-44-41-38-35-18-15-12-9-6-3)61-55(58)49-46-43-40-37-34-32-29-24-22-20-17-14-11-8-5-2/h8,11,14,17,20,22,24,29,32,34,52H,4-7,9-10,12-13,15-16,18-19,21,23,25-28,30-31,33,35-51H2,1-3H3/b11-8-,17-14-,22-20-,29-24-,34-32-. The van der Waals surface area contributed by atoms with Crippen molar-refractivity contribution < 1.29 is 28.6 Å². The van der Waals surface area contributed by atoms with E-state index < -0.39 is 6.10 Å². The molecule has 0 N–H and O–H groups in total. The van der Waals surface area contributed by atoms with Gasteiger partial charge in [-0.15, -0.1) is 0 Å². The van der Waals surface area contributed by atoms with Crippen molar-refractivity contribution in [3.63, 3.8) is 0 Å². The number of hydrogen-bond donors (Lipinski definition) is 0. The molecule has 6 nitrogen and oxygen atoms in total. The second-order valence-corrected chi connectivity index (χ2v) is 17.2. The zero-order chi connectivity index (χ0) is 44.4. The molecule has 0 saturated carbocycles. The summed E-state index contributed by atoms with van der Waals surface area (Å²) in [5.74, 6) is -0.927. The van der Waals surface area contributed by atoms with Gasteiger partial charge in [-0.25, -0.2) is 0 Å². The maximum absolute atomic E-state index is 12.8. The first-order chi connectivity index (χ1) is 30.0. The highest BCUT2D eigenvalue weighted by molar-refractivity contribution is 5.71. The van der Waals surface area contributed by atoms with Gasteiger partial charge in [-0.1, -0.05) is 255 Å². The Morgan fingerprint density at radius 3 is 1.00 bits per heavy atom. The van der Waals surface area contributed by atoms with Crippen LogP contribution in [-0.2, 0) is 28.6 Å². The van der Waals surface area contributed by atoms with Gasteiger partial charge >= 0.3 is 17.9 Å². The predicted octanol–water partition coefficient (Wildman–Crippen LogP) is 16.9. The lowest BCUT2D eigenvalue weighted by atomic mass is 10.0. The third-order valence-electron chi connectivity index (χ3n) is 11.2. The normalized spacial score (nSPS) is 12.5. The molecule has 6 heteroatoms. The van der Waals surface area contributed by atoms with E-state index in [-0.39, 0.29) is 37.5 Å². The van der Waals surface area contributed by atoms with Crippen LogP contribution in [-0.4, -0.2) is 37.2 Å². The molecule has 0 bridgehead atoms. The van der Waals surface area contributed by atoms with Gasteiger partial charge in [-0.3, -0.25) is 14.4 Å². The van der Waals surface area contributed by atoms with Crippen LogP contribution in [0.5, 0.6) is 0 Å². The number of carbonyl (C=O) groups excluding carboxylic acids is 3. The van der Waals surface area contributed by atoms with Crippen LogP contribution in [0.3, 0.4) is 0 Å². The molecular weight excluding hydrogens is 757 g/mol. The van der Waals surface area contributed by atoms with Crippen molar-refractivity contribution in [3.8, 4) is 0 Å². The van der Waals surface area contributed by atoms with Crippen molar-refractivity contribution in [2.24, 2.45) is 0 Å². The monoisotopic (exact) mass is 853 g/mol. The molecule has 0 spiro atoms. The van der Waals surface area contributed by atoms with Crippen molar-refractivity contribution >= 4 is 17.9 Å². The lowest BCUT2D eigenvalue weighted by Crippen LogP contribution is -2.30. The lowest BCUT2D eigenvalue weighted by Gasteiger charge is -2.18. The molecule has 0 fully saturated rings. The highest BCUT2D eigenvalue weighted by Gasteiger charge is 2.19. The first kappa shape index (κ1) is 58.1. The zero-order valence-electron chi connectivity index (χ0n) is 40.2. The van der Waals surface area contributed by atoms with Crippen LogP contribution in [0.2, 0.25) is 0 Å². The Labute approximate surface area is 377 Å². The van der Waals surface area contributed by atoms with Gasteiger partial charge in [0, 0.05) is 19.3 Å². The van der Waals surface area contributed by atoms with Gasteiger partial charge in [0.2, 0.25) is 0 Å². The zero-order valence-corrected chi connectivity index (χ0v) is 40.2. The molecule has 1 atom stereocenters. The van der Waals surface area contributed by atoms with Crippen LogP contribution in [0.15, 0.2) is 60.8 Å². The topological polar surface area (TPSA) is 78.9 Å². The summed E-state index contributed by atoms with van der Waals surface area (Å²) in [6.45, 7) is 6.45. The van der Waals surface area contributed by atoms with Gasteiger partial charge in [0.05, 0.1) is 0 Å². The minimum absolute atomic E-state index is 0.0886. The highest BCUT2D eigenvalue weighted by atomic mass is 16.6. The molecule has 0 aromatic carbocycles. The second kappa shape index (κ2) is 49.8. The predicted molar refractivity (Wildman–Crippen MR) is 261 cm³/mol. The number of hydrogen-bond acceptors (Lipinski definition) is 6. The van der Waals surface area contributed by atoms with Crippen LogP contribution < -0.4 is 0 Å². The van der Waals surface area contributed by atoms with E-state index in [0.29, 0.717) is 19.3 Å². The smallest absolute Gasteiger partial charge is 0.306 e. The average Bonchev–Trinajstić information content (AvgIpc) is 3.26. The molecular formula is C55H96O6. The summed E-state index contributed by atoms with van der Waals surface area (Å²) in [6.07, 6.45) is 60.7. The summed E-state index contributed by atoms with van der Waals surface area (Å²) in [5, 5.41) is 0. The Morgan fingerprint density at radius 2 is 0.639 bits per heavy atom. The molecule has 352 valence electrons. The Bertz CT molecular complexity index is 1120. The van der Waals surface area contributed by atoms with Gasteiger partial charge in [-0.2, -0.15) is 0 Å². The molecule has 0 aromatic heterocycles. The first-order valence-corrected chi connectivity index (χ1v) is 25.9. The van der Waals surface area contributed by atoms with Crippen LogP contribution in [0.1, 0.15) is 252 Å². The Hall–Kier alpha value is -2.89. The first-order valence-electron chi connectivity index (χ1n) is 25.9. The number of rotatable bonds is 46. The van der Waals surface area contributed by atoms with E-state index in [4.69, 9.17) is 14.2 Å². The second-order valence-electron chi connectivity index (χ2n) is 17.2. The third-order valence-corrected chi connectivity index (χ3v) is 11.2. The Kier molecular flexibility index (Phi) is 47.4. The maximum atomic E-state index is 12.8. The molecule has 61 heavy (non-hydrogen) atoms. The number of carbonyl (C=O) groups is 3. The minimum Gasteiger partial charge on any atom is -0.462 e. The van der Waals surface area contributed by atoms with Crippen molar-refractivity contribution in [3.05, 3.63) is 60.8 Å². The molecule has 0 aliphatic rings. The summed E-state index contributed by atoms with van der Waals surface area (Å²) in [6, 6.07) is 0. The molecule has 0 heterocycles. The molecule has 0 aromatic rings. The molecule has 1 unspecified atom stereocenters. The molecule has 0 aliphatic carbocycles. The van der Waals surface area contributed by atoms with Gasteiger partial charge in [-0.05, 0) is 38.5 Å². The molecule has 0 rings (SSSR count). The summed E-state index contributed by atoms with van der Waals surface area (Å²) >= 11 is 0. The highest BCUT2D eigenvalue weighted by Crippen LogP contribution is 2.16. The quantitative estimate of drug-likeness (QED) is 0.0263. The van der Waals surface area contributed by atoms with E-state index >= 15 is 0 Å². The molecule has 0 aliphatic heterocycles. The van der Waals surface area contributed by atoms with Crippen molar-refractivity contribution in [1.82, 2.24) is 0 Å².